The van der Waals surface area contributed by atoms with Gasteiger partial charge in [0.2, 0.25) is 0 Å². The predicted molar refractivity (Wildman–Crippen MR) is 75.0 cm³/mol. The van der Waals surface area contributed by atoms with Crippen molar-refractivity contribution >= 4 is 23.4 Å². The topological polar surface area (TPSA) is 91.3 Å². The van der Waals surface area contributed by atoms with Gasteiger partial charge in [0, 0.05) is 5.69 Å². The number of halogens is 1. The minimum absolute atomic E-state index is 0.123. The van der Waals surface area contributed by atoms with Gasteiger partial charge >= 0.3 is 12.0 Å². The van der Waals surface area contributed by atoms with Crippen molar-refractivity contribution in [3.05, 3.63) is 53.6 Å². The lowest BCUT2D eigenvalue weighted by molar-refractivity contribution is 0.0690. The van der Waals surface area contributed by atoms with E-state index in [0.717, 1.165) is 0 Å². The summed E-state index contributed by atoms with van der Waals surface area (Å²) in [6, 6.07) is 6.16. The molecule has 0 aliphatic carbocycles. The Morgan fingerprint density at radius 3 is 2.57 bits per heavy atom. The molecule has 0 saturated carbocycles. The molecular formula is C14H12FN3O3. The molecule has 0 radical (unpaired) electrons. The van der Waals surface area contributed by atoms with Gasteiger partial charge in [-0.15, -0.1) is 0 Å². The van der Waals surface area contributed by atoms with E-state index in [1.54, 1.807) is 13.0 Å². The third kappa shape index (κ3) is 3.75. The highest BCUT2D eigenvalue weighted by atomic mass is 19.1. The van der Waals surface area contributed by atoms with Crippen LogP contribution in [0.3, 0.4) is 0 Å². The highest BCUT2D eigenvalue weighted by Crippen LogP contribution is 2.16. The Morgan fingerprint density at radius 1 is 1.19 bits per heavy atom. The Kier molecular flexibility index (Phi) is 4.13. The van der Waals surface area contributed by atoms with Gasteiger partial charge in [-0.25, -0.2) is 19.0 Å². The summed E-state index contributed by atoms with van der Waals surface area (Å²) in [7, 11) is 0. The number of hydrogen-bond donors (Lipinski definition) is 3. The minimum Gasteiger partial charge on any atom is -0.477 e. The quantitative estimate of drug-likeness (QED) is 0.810. The van der Waals surface area contributed by atoms with Crippen LogP contribution < -0.4 is 10.6 Å². The summed E-state index contributed by atoms with van der Waals surface area (Å²) in [5, 5.41) is 13.7. The summed E-state index contributed by atoms with van der Waals surface area (Å²) in [6.07, 6.45) is 1.22. The van der Waals surface area contributed by atoms with Crippen molar-refractivity contribution in [2.45, 2.75) is 6.92 Å². The van der Waals surface area contributed by atoms with Gasteiger partial charge in [0.05, 0.1) is 11.9 Å². The van der Waals surface area contributed by atoms with E-state index in [0.29, 0.717) is 16.9 Å². The number of carbonyl (C=O) groups excluding carboxylic acids is 1. The van der Waals surface area contributed by atoms with Crippen LogP contribution in [-0.2, 0) is 0 Å². The van der Waals surface area contributed by atoms with Gasteiger partial charge < -0.3 is 15.7 Å². The largest absolute Gasteiger partial charge is 0.477 e. The zero-order valence-electron chi connectivity index (χ0n) is 11.1. The number of urea groups is 1. The number of carboxylic acids is 1. The van der Waals surface area contributed by atoms with Crippen molar-refractivity contribution < 1.29 is 19.1 Å². The fourth-order valence-corrected chi connectivity index (χ4v) is 1.61. The highest BCUT2D eigenvalue weighted by Gasteiger charge is 2.08. The van der Waals surface area contributed by atoms with Gasteiger partial charge in [0.1, 0.15) is 11.5 Å². The van der Waals surface area contributed by atoms with Crippen LogP contribution in [0.1, 0.15) is 16.1 Å². The van der Waals surface area contributed by atoms with Crippen LogP contribution in [0.25, 0.3) is 0 Å². The smallest absolute Gasteiger partial charge is 0.354 e. The Labute approximate surface area is 119 Å². The highest BCUT2D eigenvalue weighted by molar-refractivity contribution is 6.00. The number of aromatic carboxylic acids is 1. The molecule has 2 rings (SSSR count). The molecule has 1 aromatic heterocycles. The van der Waals surface area contributed by atoms with Crippen molar-refractivity contribution in [3.63, 3.8) is 0 Å². The maximum absolute atomic E-state index is 13.1. The molecule has 0 aliphatic rings. The molecule has 1 heterocycles. The van der Waals surface area contributed by atoms with Gasteiger partial charge in [-0.3, -0.25) is 0 Å². The van der Waals surface area contributed by atoms with Gasteiger partial charge in [-0.1, -0.05) is 6.07 Å². The van der Waals surface area contributed by atoms with Crippen LogP contribution in [0.15, 0.2) is 36.5 Å². The zero-order valence-corrected chi connectivity index (χ0v) is 11.1. The molecule has 7 heteroatoms. The van der Waals surface area contributed by atoms with Gasteiger partial charge in [-0.05, 0) is 36.8 Å². The third-order valence-electron chi connectivity index (χ3n) is 2.69. The molecule has 0 unspecified atom stereocenters. The monoisotopic (exact) mass is 289 g/mol. The van der Waals surface area contributed by atoms with E-state index in [-0.39, 0.29) is 5.69 Å². The molecule has 0 spiro atoms. The molecule has 3 N–H and O–H groups in total. The number of pyridine rings is 1. The summed E-state index contributed by atoms with van der Waals surface area (Å²) >= 11 is 0. The Bertz CT molecular complexity index is 686. The average molecular weight is 289 g/mol. The standard InChI is InChI=1S/C14H12FN3O3/c1-8-2-3-9(15)6-12(8)18-14(21)17-10-4-5-11(13(19)20)16-7-10/h2-7H,1H3,(H,19,20)(H2,17,18,21). The number of benzene rings is 1. The third-order valence-corrected chi connectivity index (χ3v) is 2.69. The van der Waals surface area contributed by atoms with Crippen LogP contribution in [0, 0.1) is 12.7 Å². The molecule has 21 heavy (non-hydrogen) atoms. The molecule has 0 bridgehead atoms. The van der Waals surface area contributed by atoms with Gasteiger partial charge in [0.15, 0.2) is 0 Å². The van der Waals surface area contributed by atoms with Crippen molar-refractivity contribution in [3.8, 4) is 0 Å². The van der Waals surface area contributed by atoms with E-state index < -0.39 is 17.8 Å². The van der Waals surface area contributed by atoms with Gasteiger partial charge in [-0.2, -0.15) is 0 Å². The normalized spacial score (nSPS) is 10.0. The number of carbonyl (C=O) groups is 2. The molecular weight excluding hydrogens is 277 g/mol. The lowest BCUT2D eigenvalue weighted by Crippen LogP contribution is -2.20. The number of rotatable bonds is 3. The molecule has 108 valence electrons. The summed E-state index contributed by atoms with van der Waals surface area (Å²) in [5.41, 5.74) is 1.27. The van der Waals surface area contributed by atoms with Crippen molar-refractivity contribution in [2.24, 2.45) is 0 Å². The minimum atomic E-state index is -1.15. The van der Waals surface area contributed by atoms with E-state index in [1.165, 1.54) is 30.5 Å². The van der Waals surface area contributed by atoms with Gasteiger partial charge in [0.25, 0.3) is 0 Å². The van der Waals surface area contributed by atoms with Crippen LogP contribution in [0.5, 0.6) is 0 Å². The molecule has 0 aliphatic heterocycles. The van der Waals surface area contributed by atoms with Crippen LogP contribution >= 0.6 is 0 Å². The van der Waals surface area contributed by atoms with Crippen LogP contribution in [-0.4, -0.2) is 22.1 Å². The van der Waals surface area contributed by atoms with E-state index in [2.05, 4.69) is 15.6 Å². The molecule has 0 fully saturated rings. The van der Waals surface area contributed by atoms with E-state index in [1.807, 2.05) is 0 Å². The van der Waals surface area contributed by atoms with E-state index in [4.69, 9.17) is 5.11 Å². The lowest BCUT2D eigenvalue weighted by Gasteiger charge is -2.09. The number of hydrogen-bond acceptors (Lipinski definition) is 3. The first kappa shape index (κ1) is 14.4. The van der Waals surface area contributed by atoms with Crippen LogP contribution in [0.2, 0.25) is 0 Å². The Morgan fingerprint density at radius 2 is 1.95 bits per heavy atom. The predicted octanol–water partition coefficient (Wildman–Crippen LogP) is 2.87. The molecule has 6 nitrogen and oxygen atoms in total. The fraction of sp³-hybridized carbons (Fsp3) is 0.0714. The molecule has 0 saturated heterocycles. The second-order valence-electron chi connectivity index (χ2n) is 4.28. The molecule has 0 atom stereocenters. The summed E-state index contributed by atoms with van der Waals surface area (Å²) < 4.78 is 13.1. The maximum Gasteiger partial charge on any atom is 0.354 e. The Balaban J connectivity index is 2.04. The SMILES string of the molecule is Cc1ccc(F)cc1NC(=O)Nc1ccc(C(=O)O)nc1. The van der Waals surface area contributed by atoms with Crippen molar-refractivity contribution in [2.75, 3.05) is 10.6 Å². The first-order chi connectivity index (χ1) is 9.95. The molecule has 2 amide bonds. The van der Waals surface area contributed by atoms with Crippen LogP contribution in [0.4, 0.5) is 20.6 Å². The maximum atomic E-state index is 13.1. The Hall–Kier alpha value is -2.96. The number of aromatic nitrogens is 1. The number of nitrogens with zero attached hydrogens (tertiary/aromatic N) is 1. The summed E-state index contributed by atoms with van der Waals surface area (Å²) in [4.78, 5) is 26.1. The number of anilines is 2. The second-order valence-corrected chi connectivity index (χ2v) is 4.28. The molecule has 1 aromatic carbocycles. The second kappa shape index (κ2) is 6.00. The van der Waals surface area contributed by atoms with E-state index >= 15 is 0 Å². The number of aryl methyl sites for hydroxylation is 1. The van der Waals surface area contributed by atoms with E-state index in [9.17, 15) is 14.0 Å². The van der Waals surface area contributed by atoms with Crippen molar-refractivity contribution in [1.29, 1.82) is 0 Å². The first-order valence-electron chi connectivity index (χ1n) is 5.99. The number of nitrogens with one attached hydrogen (secondary N) is 2. The van der Waals surface area contributed by atoms with Crippen molar-refractivity contribution in [1.82, 2.24) is 4.98 Å². The summed E-state index contributed by atoms with van der Waals surface area (Å²) in [6.45, 7) is 1.73. The molecule has 2 aromatic rings. The number of amides is 2. The number of carboxylic acid groups (broad SMARTS) is 1. The first-order valence-corrected chi connectivity index (χ1v) is 5.99. The lowest BCUT2D eigenvalue weighted by atomic mass is 10.2. The average Bonchev–Trinajstić information content (AvgIpc) is 2.43. The fourth-order valence-electron chi connectivity index (χ4n) is 1.61. The zero-order chi connectivity index (χ0) is 15.4. The summed E-state index contributed by atoms with van der Waals surface area (Å²) in [5.74, 6) is -1.61.